The molecule has 1 atom stereocenters. The van der Waals surface area contributed by atoms with Gasteiger partial charge in [0.25, 0.3) is 5.91 Å². The van der Waals surface area contributed by atoms with Gasteiger partial charge < -0.3 is 10.6 Å². The minimum absolute atomic E-state index is 0.170. The molecular weight excluding hydrogens is 293 g/mol. The minimum Gasteiger partial charge on any atom is -0.325 e. The molecule has 0 spiro atoms. The Morgan fingerprint density at radius 2 is 2.05 bits per heavy atom. The Kier molecular flexibility index (Phi) is 3.92. The van der Waals surface area contributed by atoms with Gasteiger partial charge in [-0.25, -0.2) is 4.79 Å². The van der Waals surface area contributed by atoms with Gasteiger partial charge in [0, 0.05) is 5.02 Å². The summed E-state index contributed by atoms with van der Waals surface area (Å²) in [5.74, 6) is -0.964. The van der Waals surface area contributed by atoms with Crippen LogP contribution in [0.1, 0.15) is 6.42 Å². The molecule has 1 saturated heterocycles. The molecule has 19 heavy (non-hydrogen) atoms. The van der Waals surface area contributed by atoms with E-state index in [0.29, 0.717) is 15.7 Å². The van der Waals surface area contributed by atoms with E-state index < -0.39 is 23.9 Å². The maximum Gasteiger partial charge on any atom is 0.322 e. The first kappa shape index (κ1) is 13.6. The third-order valence-corrected chi connectivity index (χ3v) is 3.00. The molecule has 1 heterocycles. The van der Waals surface area contributed by atoms with Crippen LogP contribution in [0.3, 0.4) is 0 Å². The summed E-state index contributed by atoms with van der Waals surface area (Å²) in [6.45, 7) is 0. The van der Waals surface area contributed by atoms with Crippen molar-refractivity contribution >= 4 is 46.7 Å². The molecule has 6 nitrogen and oxygen atoms in total. The topological polar surface area (TPSA) is 87.3 Å². The summed E-state index contributed by atoms with van der Waals surface area (Å²) in [4.78, 5) is 33.9. The number of imide groups is 1. The first-order valence-electron chi connectivity index (χ1n) is 5.32. The van der Waals surface area contributed by atoms with Gasteiger partial charge in [-0.15, -0.1) is 0 Å². The maximum atomic E-state index is 11.7. The summed E-state index contributed by atoms with van der Waals surface area (Å²) >= 11 is 11.6. The number of carbonyl (C=O) groups excluding carboxylic acids is 3. The number of hydrogen-bond donors (Lipinski definition) is 3. The van der Waals surface area contributed by atoms with Crippen molar-refractivity contribution in [3.05, 3.63) is 28.2 Å². The lowest BCUT2D eigenvalue weighted by molar-refractivity contribution is -0.124. The summed E-state index contributed by atoms with van der Waals surface area (Å²) < 4.78 is 0. The van der Waals surface area contributed by atoms with Crippen LogP contribution in [-0.4, -0.2) is 23.9 Å². The van der Waals surface area contributed by atoms with Crippen LogP contribution in [0.25, 0.3) is 0 Å². The molecule has 8 heteroatoms. The average Bonchev–Trinajstić information content (AvgIpc) is 2.61. The van der Waals surface area contributed by atoms with Gasteiger partial charge >= 0.3 is 6.03 Å². The first-order valence-corrected chi connectivity index (χ1v) is 6.07. The van der Waals surface area contributed by atoms with E-state index in [9.17, 15) is 14.4 Å². The predicted molar refractivity (Wildman–Crippen MR) is 70.2 cm³/mol. The van der Waals surface area contributed by atoms with Crippen LogP contribution < -0.4 is 16.0 Å². The first-order chi connectivity index (χ1) is 8.95. The van der Waals surface area contributed by atoms with Gasteiger partial charge in [0.1, 0.15) is 6.04 Å². The van der Waals surface area contributed by atoms with Crippen LogP contribution in [0.15, 0.2) is 18.2 Å². The molecule has 0 aromatic heterocycles. The largest absolute Gasteiger partial charge is 0.325 e. The van der Waals surface area contributed by atoms with Crippen molar-refractivity contribution in [3.8, 4) is 0 Å². The molecule has 0 saturated carbocycles. The van der Waals surface area contributed by atoms with E-state index in [1.807, 2.05) is 5.32 Å². The van der Waals surface area contributed by atoms with Gasteiger partial charge in [-0.05, 0) is 18.2 Å². The number of urea groups is 1. The molecule has 0 radical (unpaired) electrons. The molecule has 1 aromatic rings. The highest BCUT2D eigenvalue weighted by Gasteiger charge is 2.31. The third-order valence-electron chi connectivity index (χ3n) is 2.45. The zero-order valence-electron chi connectivity index (χ0n) is 9.50. The van der Waals surface area contributed by atoms with Crippen LogP contribution in [0.4, 0.5) is 10.5 Å². The lowest BCUT2D eigenvalue weighted by atomic mass is 10.2. The molecule has 2 rings (SSSR count). The van der Waals surface area contributed by atoms with Crippen molar-refractivity contribution in [2.45, 2.75) is 12.5 Å². The summed E-state index contributed by atoms with van der Waals surface area (Å²) in [6, 6.07) is 3.15. The van der Waals surface area contributed by atoms with Crippen LogP contribution in [0.5, 0.6) is 0 Å². The van der Waals surface area contributed by atoms with Gasteiger partial charge in [-0.3, -0.25) is 14.9 Å². The van der Waals surface area contributed by atoms with Gasteiger partial charge in [0.2, 0.25) is 5.91 Å². The number of nitrogens with one attached hydrogen (secondary N) is 3. The highest BCUT2D eigenvalue weighted by atomic mass is 35.5. The smallest absolute Gasteiger partial charge is 0.322 e. The number of halogens is 2. The van der Waals surface area contributed by atoms with E-state index in [1.54, 1.807) is 12.1 Å². The number of rotatable bonds is 3. The van der Waals surface area contributed by atoms with Crippen LogP contribution in [0, 0.1) is 0 Å². The highest BCUT2D eigenvalue weighted by molar-refractivity contribution is 6.36. The molecule has 4 amide bonds. The molecule has 0 bridgehead atoms. The fraction of sp³-hybridized carbons (Fsp3) is 0.182. The van der Waals surface area contributed by atoms with Gasteiger partial charge in [0.15, 0.2) is 0 Å². The SMILES string of the molecule is O=C(CC1NC(=O)NC1=O)Nc1ccc(Cl)cc1Cl. The second-order valence-electron chi connectivity index (χ2n) is 3.89. The molecule has 1 aliphatic heterocycles. The fourth-order valence-corrected chi connectivity index (χ4v) is 2.04. The average molecular weight is 302 g/mol. The standard InChI is InChI=1S/C11H9Cl2N3O3/c12-5-1-2-7(6(13)3-5)14-9(17)4-8-10(18)16-11(19)15-8/h1-3,8H,4H2,(H,14,17)(H2,15,16,18,19). The molecule has 1 aromatic carbocycles. The molecule has 100 valence electrons. The highest BCUT2D eigenvalue weighted by Crippen LogP contribution is 2.25. The normalized spacial score (nSPS) is 17.9. The molecule has 3 N–H and O–H groups in total. The Balaban J connectivity index is 1.98. The van der Waals surface area contributed by atoms with E-state index >= 15 is 0 Å². The van der Waals surface area contributed by atoms with Crippen molar-refractivity contribution in [2.24, 2.45) is 0 Å². The van der Waals surface area contributed by atoms with Crippen LogP contribution in [0.2, 0.25) is 10.0 Å². The monoisotopic (exact) mass is 301 g/mol. The maximum absolute atomic E-state index is 11.7. The third kappa shape index (κ3) is 3.36. The van der Waals surface area contributed by atoms with Gasteiger partial charge in [-0.1, -0.05) is 23.2 Å². The number of anilines is 1. The van der Waals surface area contributed by atoms with E-state index in [4.69, 9.17) is 23.2 Å². The van der Waals surface area contributed by atoms with Crippen molar-refractivity contribution in [3.63, 3.8) is 0 Å². The zero-order valence-corrected chi connectivity index (χ0v) is 11.0. The van der Waals surface area contributed by atoms with Gasteiger partial charge in [-0.2, -0.15) is 0 Å². The minimum atomic E-state index is -0.862. The summed E-state index contributed by atoms with van der Waals surface area (Å²) in [5.41, 5.74) is 0.390. The predicted octanol–water partition coefficient (Wildman–Crippen LogP) is 1.53. The van der Waals surface area contributed by atoms with Gasteiger partial charge in [0.05, 0.1) is 17.1 Å². The summed E-state index contributed by atoms with van der Waals surface area (Å²) in [7, 11) is 0. The Labute approximate surface area is 118 Å². The van der Waals surface area contributed by atoms with E-state index in [0.717, 1.165) is 0 Å². The van der Waals surface area contributed by atoms with E-state index in [1.165, 1.54) is 6.07 Å². The Bertz CT molecular complexity index is 562. The number of carbonyl (C=O) groups is 3. The quantitative estimate of drug-likeness (QED) is 0.740. The van der Waals surface area contributed by atoms with E-state index in [-0.39, 0.29) is 6.42 Å². The zero-order chi connectivity index (χ0) is 14.0. The number of benzene rings is 1. The van der Waals surface area contributed by atoms with Crippen LogP contribution in [-0.2, 0) is 9.59 Å². The Morgan fingerprint density at radius 1 is 1.32 bits per heavy atom. The van der Waals surface area contributed by atoms with Crippen molar-refractivity contribution in [1.29, 1.82) is 0 Å². The number of hydrogen-bond acceptors (Lipinski definition) is 3. The molecule has 1 unspecified atom stereocenters. The van der Waals surface area contributed by atoms with E-state index in [2.05, 4.69) is 10.6 Å². The molecule has 1 aliphatic rings. The molecular formula is C11H9Cl2N3O3. The molecule has 0 aliphatic carbocycles. The van der Waals surface area contributed by atoms with Crippen LogP contribution >= 0.6 is 23.2 Å². The summed E-state index contributed by atoms with van der Waals surface area (Å²) in [5, 5.41) is 7.65. The number of amides is 4. The molecule has 1 fully saturated rings. The lowest BCUT2D eigenvalue weighted by Gasteiger charge is -2.09. The van der Waals surface area contributed by atoms with Crippen molar-refractivity contribution in [2.75, 3.05) is 5.32 Å². The van der Waals surface area contributed by atoms with Crippen molar-refractivity contribution in [1.82, 2.24) is 10.6 Å². The summed E-state index contributed by atoms with van der Waals surface area (Å²) in [6.07, 6.45) is -0.170. The second kappa shape index (κ2) is 5.46. The fourth-order valence-electron chi connectivity index (χ4n) is 1.58. The Morgan fingerprint density at radius 3 is 2.63 bits per heavy atom. The second-order valence-corrected chi connectivity index (χ2v) is 4.74. The van der Waals surface area contributed by atoms with Crippen molar-refractivity contribution < 1.29 is 14.4 Å². The lowest BCUT2D eigenvalue weighted by Crippen LogP contribution is -2.33. The Hall–Kier alpha value is -1.79.